The normalized spacial score (nSPS) is 12.9. The number of amides is 1. The molecule has 0 bridgehead atoms. The van der Waals surface area contributed by atoms with E-state index in [9.17, 15) is 14.2 Å². The van der Waals surface area contributed by atoms with Gasteiger partial charge in [0.1, 0.15) is 6.04 Å². The highest BCUT2D eigenvalue weighted by Gasteiger charge is 2.21. The van der Waals surface area contributed by atoms with Crippen molar-refractivity contribution in [3.63, 3.8) is 0 Å². The topological polar surface area (TPSA) is 124 Å². The minimum Gasteiger partial charge on any atom is -0.480 e. The van der Waals surface area contributed by atoms with Crippen molar-refractivity contribution >= 4 is 19.5 Å². The van der Waals surface area contributed by atoms with E-state index in [4.69, 9.17) is 14.9 Å². The number of carbonyl (C=O) groups excluding carboxylic acids is 1. The van der Waals surface area contributed by atoms with Gasteiger partial charge in [-0.2, -0.15) is 0 Å². The summed E-state index contributed by atoms with van der Waals surface area (Å²) in [6.45, 7) is 4.79. The van der Waals surface area contributed by atoms with Crippen LogP contribution >= 0.6 is 7.60 Å². The maximum absolute atomic E-state index is 11.2. The second-order valence-corrected chi connectivity index (χ2v) is 5.45. The van der Waals surface area contributed by atoms with E-state index in [1.165, 1.54) is 6.92 Å². The fraction of sp³-hybridized carbons (Fsp3) is 0.556. The van der Waals surface area contributed by atoms with Crippen molar-refractivity contribution in [3.05, 3.63) is 12.2 Å². The Balaban J connectivity index is 4.27. The number of nitrogens with one attached hydrogen (secondary N) is 1. The van der Waals surface area contributed by atoms with Gasteiger partial charge < -0.3 is 20.2 Å². The van der Waals surface area contributed by atoms with E-state index >= 15 is 0 Å². The minimum absolute atomic E-state index is 0.0116. The van der Waals surface area contributed by atoms with Crippen molar-refractivity contribution in [2.45, 2.75) is 25.8 Å². The second-order valence-electron chi connectivity index (χ2n) is 3.68. The van der Waals surface area contributed by atoms with Crippen LogP contribution in [0.4, 0.5) is 0 Å². The van der Waals surface area contributed by atoms with Crippen LogP contribution in [0.1, 0.15) is 19.8 Å². The molecule has 7 nitrogen and oxygen atoms in total. The summed E-state index contributed by atoms with van der Waals surface area (Å²) >= 11 is 0. The lowest BCUT2D eigenvalue weighted by Gasteiger charge is -2.14. The Labute approximate surface area is 98.7 Å². The number of carbonyl (C=O) groups is 2. The first-order valence-corrected chi connectivity index (χ1v) is 6.67. The molecule has 0 saturated carbocycles. The molecule has 0 aromatic rings. The quantitative estimate of drug-likeness (QED) is 0.382. The molecule has 1 amide bonds. The fourth-order valence-electron chi connectivity index (χ4n) is 1.04. The Kier molecular flexibility index (Phi) is 6.09. The summed E-state index contributed by atoms with van der Waals surface area (Å²) in [5, 5.41) is 11.0. The third kappa shape index (κ3) is 7.68. The first-order chi connectivity index (χ1) is 7.63. The van der Waals surface area contributed by atoms with Gasteiger partial charge in [-0.05, 0) is 19.8 Å². The average molecular weight is 265 g/mol. The number of carboxylic acid groups (broad SMARTS) is 1. The van der Waals surface area contributed by atoms with Gasteiger partial charge in [0.05, 0.1) is 0 Å². The molecule has 1 unspecified atom stereocenters. The van der Waals surface area contributed by atoms with Crippen LogP contribution in [0.25, 0.3) is 0 Å². The molecule has 4 N–H and O–H groups in total. The van der Waals surface area contributed by atoms with Crippen molar-refractivity contribution in [2.24, 2.45) is 0 Å². The zero-order valence-corrected chi connectivity index (χ0v) is 10.3. The zero-order chi connectivity index (χ0) is 13.6. The van der Waals surface area contributed by atoms with Gasteiger partial charge in [-0.3, -0.25) is 9.36 Å². The Bertz CT molecular complexity index is 360. The molecule has 0 aliphatic carbocycles. The Morgan fingerprint density at radius 2 is 1.94 bits per heavy atom. The summed E-state index contributed by atoms with van der Waals surface area (Å²) in [5.41, 5.74) is 0.172. The molecule has 1 atom stereocenters. The zero-order valence-electron chi connectivity index (χ0n) is 9.42. The van der Waals surface area contributed by atoms with Crippen LogP contribution in [0.2, 0.25) is 0 Å². The number of hydrogen-bond acceptors (Lipinski definition) is 3. The van der Waals surface area contributed by atoms with E-state index < -0.39 is 31.7 Å². The fourth-order valence-corrected chi connectivity index (χ4v) is 1.63. The van der Waals surface area contributed by atoms with Crippen LogP contribution in [-0.2, 0) is 14.2 Å². The van der Waals surface area contributed by atoms with Gasteiger partial charge in [-0.15, -0.1) is 0 Å². The molecule has 0 aromatic heterocycles. The predicted molar refractivity (Wildman–Crippen MR) is 60.5 cm³/mol. The Morgan fingerprint density at radius 3 is 2.29 bits per heavy atom. The van der Waals surface area contributed by atoms with E-state index in [1.807, 2.05) is 0 Å². The van der Waals surface area contributed by atoms with Crippen molar-refractivity contribution in [1.82, 2.24) is 5.32 Å². The van der Waals surface area contributed by atoms with Crippen LogP contribution in [0, 0.1) is 0 Å². The van der Waals surface area contributed by atoms with Gasteiger partial charge in [0, 0.05) is 11.7 Å². The highest BCUT2D eigenvalue weighted by molar-refractivity contribution is 7.51. The molecular weight excluding hydrogens is 249 g/mol. The molecule has 0 aromatic carbocycles. The third-order valence-electron chi connectivity index (χ3n) is 1.93. The smallest absolute Gasteiger partial charge is 0.326 e. The van der Waals surface area contributed by atoms with E-state index in [0.29, 0.717) is 0 Å². The predicted octanol–water partition coefficient (Wildman–Crippen LogP) is 0.0898. The van der Waals surface area contributed by atoms with Crippen LogP contribution in [-0.4, -0.2) is 39.0 Å². The summed E-state index contributed by atoms with van der Waals surface area (Å²) in [6, 6.07) is -1.16. The number of rotatable bonds is 7. The molecule has 0 heterocycles. The maximum Gasteiger partial charge on any atom is 0.326 e. The summed E-state index contributed by atoms with van der Waals surface area (Å²) in [4.78, 5) is 39.2. The van der Waals surface area contributed by atoms with E-state index in [1.54, 1.807) is 0 Å². The van der Waals surface area contributed by atoms with Gasteiger partial charge >= 0.3 is 13.6 Å². The lowest BCUT2D eigenvalue weighted by molar-refractivity contribution is -0.141. The van der Waals surface area contributed by atoms with Gasteiger partial charge in [0.2, 0.25) is 5.91 Å². The molecule has 0 saturated heterocycles. The molecule has 17 heavy (non-hydrogen) atoms. The van der Waals surface area contributed by atoms with Gasteiger partial charge in [0.25, 0.3) is 0 Å². The molecule has 98 valence electrons. The molecule has 8 heteroatoms. The molecule has 0 fully saturated rings. The summed E-state index contributed by atoms with van der Waals surface area (Å²) < 4.78 is 10.6. The molecular formula is C9H16NO6P. The third-order valence-corrected chi connectivity index (χ3v) is 2.83. The summed E-state index contributed by atoms with van der Waals surface area (Å²) in [5.74, 6) is -1.83. The van der Waals surface area contributed by atoms with Gasteiger partial charge in [-0.25, -0.2) is 4.79 Å². The first kappa shape index (κ1) is 15.8. The van der Waals surface area contributed by atoms with Crippen LogP contribution in [0.3, 0.4) is 0 Å². The molecule has 0 aliphatic heterocycles. The number of hydrogen-bond donors (Lipinski definition) is 4. The van der Waals surface area contributed by atoms with E-state index in [-0.39, 0.29) is 18.4 Å². The molecule has 0 spiro atoms. The van der Waals surface area contributed by atoms with Crippen molar-refractivity contribution in [3.8, 4) is 0 Å². The van der Waals surface area contributed by atoms with Crippen LogP contribution in [0.5, 0.6) is 0 Å². The van der Waals surface area contributed by atoms with E-state index in [0.717, 1.165) is 0 Å². The van der Waals surface area contributed by atoms with E-state index in [2.05, 4.69) is 11.9 Å². The Morgan fingerprint density at radius 1 is 1.41 bits per heavy atom. The lowest BCUT2D eigenvalue weighted by Crippen LogP contribution is -2.41. The van der Waals surface area contributed by atoms with Crippen molar-refractivity contribution < 1.29 is 29.0 Å². The van der Waals surface area contributed by atoms with Crippen LogP contribution < -0.4 is 5.32 Å². The molecule has 0 rings (SSSR count). The average Bonchev–Trinajstić information content (AvgIpc) is 2.13. The first-order valence-electron chi connectivity index (χ1n) is 4.87. The van der Waals surface area contributed by atoms with Crippen molar-refractivity contribution in [2.75, 3.05) is 6.16 Å². The van der Waals surface area contributed by atoms with Gasteiger partial charge in [-0.1, -0.05) is 6.58 Å². The number of carboxylic acids is 1. The standard InChI is InChI=1S/C9H16NO6P/c1-6(2)8(11)10-7(9(12)13)4-3-5-17(14,15)16/h7H,1,3-5H2,2H3,(H,10,11)(H,12,13)(H2,14,15,16). The highest BCUT2D eigenvalue weighted by atomic mass is 31.2. The Hall–Kier alpha value is -1.17. The monoisotopic (exact) mass is 265 g/mol. The second kappa shape index (κ2) is 6.54. The maximum atomic E-state index is 11.2. The van der Waals surface area contributed by atoms with Crippen LogP contribution in [0.15, 0.2) is 12.2 Å². The SMILES string of the molecule is C=C(C)C(=O)NC(CCCP(=O)(O)O)C(=O)O. The van der Waals surface area contributed by atoms with Crippen molar-refractivity contribution in [1.29, 1.82) is 0 Å². The van der Waals surface area contributed by atoms with Gasteiger partial charge in [0.15, 0.2) is 0 Å². The number of aliphatic carboxylic acids is 1. The highest BCUT2D eigenvalue weighted by Crippen LogP contribution is 2.35. The molecule has 0 aliphatic rings. The minimum atomic E-state index is -4.13. The summed E-state index contributed by atoms with van der Waals surface area (Å²) in [7, 11) is -4.13. The largest absolute Gasteiger partial charge is 0.480 e. The summed E-state index contributed by atoms with van der Waals surface area (Å²) in [6.07, 6.45) is -0.434. The lowest BCUT2D eigenvalue weighted by atomic mass is 10.1. The molecule has 0 radical (unpaired) electrons.